The molecule has 1 aromatic carbocycles. The molecule has 17 heavy (non-hydrogen) atoms. The maximum Gasteiger partial charge on any atom is 0.180 e. The van der Waals surface area contributed by atoms with Gasteiger partial charge >= 0.3 is 0 Å². The van der Waals surface area contributed by atoms with Crippen LogP contribution in [0.3, 0.4) is 0 Å². The fourth-order valence-corrected chi connectivity index (χ4v) is 2.12. The van der Waals surface area contributed by atoms with Crippen LogP contribution in [0.2, 0.25) is 0 Å². The third kappa shape index (κ3) is 2.76. The lowest BCUT2D eigenvalue weighted by Crippen LogP contribution is -2.36. The zero-order chi connectivity index (χ0) is 12.3. The summed E-state index contributed by atoms with van der Waals surface area (Å²) in [6, 6.07) is 10.1. The number of hydrogen-bond donors (Lipinski definition) is 0. The molecule has 0 fully saturated rings. The summed E-state index contributed by atoms with van der Waals surface area (Å²) in [6.45, 7) is 4.03. The molecule has 0 saturated carbocycles. The van der Waals surface area contributed by atoms with Crippen molar-refractivity contribution in [2.45, 2.75) is 26.4 Å². The van der Waals surface area contributed by atoms with Gasteiger partial charge in [-0.05, 0) is 24.0 Å². The summed E-state index contributed by atoms with van der Waals surface area (Å²) in [7, 11) is 0. The van der Waals surface area contributed by atoms with E-state index in [0.29, 0.717) is 0 Å². The fourth-order valence-electron chi connectivity index (χ4n) is 2.12. The first-order valence-electron chi connectivity index (χ1n) is 6.08. The van der Waals surface area contributed by atoms with E-state index in [1.54, 1.807) is 6.26 Å². The summed E-state index contributed by atoms with van der Waals surface area (Å²) >= 11 is 0. The zero-order valence-corrected chi connectivity index (χ0v) is 10.3. The van der Waals surface area contributed by atoms with Crippen molar-refractivity contribution >= 4 is 5.78 Å². The van der Waals surface area contributed by atoms with Crippen LogP contribution in [0.5, 0.6) is 0 Å². The SMILES string of the molecule is CC(C)[C@H]1OC=CC(Cc2ccccc2)C1=O. The summed E-state index contributed by atoms with van der Waals surface area (Å²) < 4.78 is 5.39. The minimum atomic E-state index is -0.284. The molecule has 2 heteroatoms. The summed E-state index contributed by atoms with van der Waals surface area (Å²) in [5, 5.41) is 0. The molecular weight excluding hydrogens is 212 g/mol. The minimum Gasteiger partial charge on any atom is -0.490 e. The average Bonchev–Trinajstić information content (AvgIpc) is 2.33. The van der Waals surface area contributed by atoms with Gasteiger partial charge in [0.05, 0.1) is 6.26 Å². The Morgan fingerprint density at radius 3 is 2.59 bits per heavy atom. The molecule has 2 atom stereocenters. The smallest absolute Gasteiger partial charge is 0.180 e. The van der Waals surface area contributed by atoms with E-state index in [0.717, 1.165) is 6.42 Å². The topological polar surface area (TPSA) is 26.3 Å². The van der Waals surface area contributed by atoms with Crippen molar-refractivity contribution < 1.29 is 9.53 Å². The lowest BCUT2D eigenvalue weighted by molar-refractivity contribution is -0.134. The van der Waals surface area contributed by atoms with Gasteiger partial charge in [0.1, 0.15) is 0 Å². The predicted octanol–water partition coefficient (Wildman–Crippen LogP) is 2.98. The number of carbonyl (C=O) groups is 1. The van der Waals surface area contributed by atoms with Gasteiger partial charge in [-0.15, -0.1) is 0 Å². The molecule has 0 aromatic heterocycles. The molecule has 0 bridgehead atoms. The number of hydrogen-bond acceptors (Lipinski definition) is 2. The summed E-state index contributed by atoms with van der Waals surface area (Å²) in [5.41, 5.74) is 1.19. The number of ether oxygens (including phenoxy) is 1. The van der Waals surface area contributed by atoms with Gasteiger partial charge in [0.15, 0.2) is 11.9 Å². The highest BCUT2D eigenvalue weighted by Gasteiger charge is 2.31. The Bertz CT molecular complexity index is 406. The quantitative estimate of drug-likeness (QED) is 0.798. The Morgan fingerprint density at radius 1 is 1.24 bits per heavy atom. The van der Waals surface area contributed by atoms with Gasteiger partial charge in [-0.2, -0.15) is 0 Å². The van der Waals surface area contributed by atoms with Gasteiger partial charge in [0, 0.05) is 5.92 Å². The Morgan fingerprint density at radius 2 is 1.94 bits per heavy atom. The first-order valence-corrected chi connectivity index (χ1v) is 6.08. The molecule has 90 valence electrons. The first kappa shape index (κ1) is 11.9. The standard InChI is InChI=1S/C15H18O2/c1-11(2)15-14(16)13(8-9-17-15)10-12-6-4-3-5-7-12/h3-9,11,13,15H,10H2,1-2H3/t13?,15-/m1/s1. The normalized spacial score (nSPS) is 23.8. The van der Waals surface area contributed by atoms with Crippen molar-refractivity contribution in [2.24, 2.45) is 11.8 Å². The van der Waals surface area contributed by atoms with Crippen molar-refractivity contribution in [1.82, 2.24) is 0 Å². The molecule has 0 saturated heterocycles. The van der Waals surface area contributed by atoms with Gasteiger partial charge in [0.2, 0.25) is 0 Å². The molecule has 1 unspecified atom stereocenters. The highest BCUT2D eigenvalue weighted by molar-refractivity contribution is 5.88. The number of benzene rings is 1. The van der Waals surface area contributed by atoms with E-state index in [-0.39, 0.29) is 23.7 Å². The Hall–Kier alpha value is -1.57. The van der Waals surface area contributed by atoms with Crippen LogP contribution in [0, 0.1) is 11.8 Å². The molecule has 1 aromatic rings. The predicted molar refractivity (Wildman–Crippen MR) is 67.5 cm³/mol. The van der Waals surface area contributed by atoms with Crippen LogP contribution < -0.4 is 0 Å². The highest BCUT2D eigenvalue weighted by atomic mass is 16.5. The molecule has 0 radical (unpaired) electrons. The molecule has 0 spiro atoms. The van der Waals surface area contributed by atoms with Crippen LogP contribution >= 0.6 is 0 Å². The van der Waals surface area contributed by atoms with E-state index in [9.17, 15) is 4.79 Å². The van der Waals surface area contributed by atoms with Gasteiger partial charge in [-0.3, -0.25) is 4.79 Å². The second-order valence-electron chi connectivity index (χ2n) is 4.83. The number of rotatable bonds is 3. The maximum atomic E-state index is 12.2. The number of ketones is 1. The van der Waals surface area contributed by atoms with Crippen molar-refractivity contribution in [3.05, 3.63) is 48.2 Å². The summed E-state index contributed by atoms with van der Waals surface area (Å²) in [4.78, 5) is 12.2. The number of Topliss-reactive ketones (excluding diaryl/α,β-unsaturated/α-hetero) is 1. The molecule has 0 N–H and O–H groups in total. The third-order valence-electron chi connectivity index (χ3n) is 3.09. The van der Waals surface area contributed by atoms with Gasteiger partial charge < -0.3 is 4.74 Å². The van der Waals surface area contributed by atoms with E-state index in [2.05, 4.69) is 12.1 Å². The van der Waals surface area contributed by atoms with E-state index in [1.807, 2.05) is 38.1 Å². The van der Waals surface area contributed by atoms with Crippen LogP contribution in [0.4, 0.5) is 0 Å². The molecule has 0 aliphatic carbocycles. The van der Waals surface area contributed by atoms with E-state index in [1.165, 1.54) is 5.56 Å². The largest absolute Gasteiger partial charge is 0.490 e. The molecule has 0 amide bonds. The van der Waals surface area contributed by atoms with Crippen LogP contribution in [-0.4, -0.2) is 11.9 Å². The Kier molecular flexibility index (Phi) is 3.62. The average molecular weight is 230 g/mol. The van der Waals surface area contributed by atoms with Crippen LogP contribution in [0.25, 0.3) is 0 Å². The maximum absolute atomic E-state index is 12.2. The Balaban J connectivity index is 2.09. The second-order valence-corrected chi connectivity index (χ2v) is 4.83. The van der Waals surface area contributed by atoms with Crippen LogP contribution in [0.1, 0.15) is 19.4 Å². The molecular formula is C15H18O2. The molecule has 1 heterocycles. The molecule has 1 aliphatic rings. The summed E-state index contributed by atoms with van der Waals surface area (Å²) in [5.74, 6) is 0.385. The van der Waals surface area contributed by atoms with E-state index >= 15 is 0 Å². The van der Waals surface area contributed by atoms with E-state index in [4.69, 9.17) is 4.74 Å². The number of allylic oxidation sites excluding steroid dienone is 1. The monoisotopic (exact) mass is 230 g/mol. The molecule has 2 nitrogen and oxygen atoms in total. The fraction of sp³-hybridized carbons (Fsp3) is 0.400. The van der Waals surface area contributed by atoms with Gasteiger partial charge in [-0.1, -0.05) is 44.2 Å². The third-order valence-corrected chi connectivity index (χ3v) is 3.09. The lowest BCUT2D eigenvalue weighted by atomic mass is 9.87. The van der Waals surface area contributed by atoms with Crippen LogP contribution in [0.15, 0.2) is 42.7 Å². The minimum absolute atomic E-state index is 0.0430. The van der Waals surface area contributed by atoms with E-state index < -0.39 is 0 Å². The van der Waals surface area contributed by atoms with Crippen molar-refractivity contribution in [3.63, 3.8) is 0 Å². The van der Waals surface area contributed by atoms with Crippen LogP contribution in [-0.2, 0) is 16.0 Å². The molecule has 1 aliphatic heterocycles. The Labute approximate surface area is 102 Å². The summed E-state index contributed by atoms with van der Waals surface area (Å²) in [6.07, 6.45) is 4.03. The first-order chi connectivity index (χ1) is 8.18. The zero-order valence-electron chi connectivity index (χ0n) is 10.3. The van der Waals surface area contributed by atoms with Gasteiger partial charge in [0.25, 0.3) is 0 Å². The second kappa shape index (κ2) is 5.17. The number of carbonyl (C=O) groups excluding carboxylic acids is 1. The van der Waals surface area contributed by atoms with Crippen molar-refractivity contribution in [2.75, 3.05) is 0 Å². The lowest BCUT2D eigenvalue weighted by Gasteiger charge is -2.26. The van der Waals surface area contributed by atoms with Gasteiger partial charge in [-0.25, -0.2) is 0 Å². The van der Waals surface area contributed by atoms with Crippen molar-refractivity contribution in [3.8, 4) is 0 Å². The van der Waals surface area contributed by atoms with Crippen molar-refractivity contribution in [1.29, 1.82) is 0 Å². The molecule has 2 rings (SSSR count). The highest BCUT2D eigenvalue weighted by Crippen LogP contribution is 2.22.